The van der Waals surface area contributed by atoms with Gasteiger partial charge in [-0.3, -0.25) is 9.89 Å². The van der Waals surface area contributed by atoms with Crippen LogP contribution in [0.1, 0.15) is 19.4 Å². The van der Waals surface area contributed by atoms with Gasteiger partial charge in [0.05, 0.1) is 18.7 Å². The summed E-state index contributed by atoms with van der Waals surface area (Å²) in [5.41, 5.74) is 1.05. The Bertz CT molecular complexity index is 255. The minimum absolute atomic E-state index is 0.0515. The van der Waals surface area contributed by atoms with Crippen molar-refractivity contribution in [2.24, 2.45) is 5.92 Å². The minimum Gasteiger partial charge on any atom is -0.465 e. The van der Waals surface area contributed by atoms with Crippen molar-refractivity contribution in [3.8, 4) is 0 Å². The molecule has 0 radical (unpaired) electrons. The van der Waals surface area contributed by atoms with Crippen molar-refractivity contribution in [1.29, 1.82) is 0 Å². The molecule has 0 bridgehead atoms. The molecule has 0 atom stereocenters. The van der Waals surface area contributed by atoms with Crippen LogP contribution in [-0.4, -0.2) is 22.8 Å². The lowest BCUT2D eigenvalue weighted by atomic mass is 10.2. The van der Waals surface area contributed by atoms with E-state index in [0.29, 0.717) is 6.61 Å². The molecule has 4 heteroatoms. The Kier molecular flexibility index (Phi) is 3.49. The predicted octanol–water partition coefficient (Wildman–Crippen LogP) is 1.15. The monoisotopic (exact) mass is 182 g/mol. The van der Waals surface area contributed by atoms with Gasteiger partial charge < -0.3 is 4.74 Å². The fourth-order valence-corrected chi connectivity index (χ4v) is 0.850. The standard InChI is InChI=1S/C9H14N2O2/c1-7(2)9(12)13-4-3-8-5-10-11-6-8/h5-7H,3-4H2,1-2H3,(H,10,11). The smallest absolute Gasteiger partial charge is 0.308 e. The third-order valence-corrected chi connectivity index (χ3v) is 1.66. The lowest BCUT2D eigenvalue weighted by molar-refractivity contribution is -0.147. The summed E-state index contributed by atoms with van der Waals surface area (Å²) in [4.78, 5) is 11.0. The zero-order valence-corrected chi connectivity index (χ0v) is 7.91. The van der Waals surface area contributed by atoms with Crippen molar-refractivity contribution < 1.29 is 9.53 Å². The van der Waals surface area contributed by atoms with E-state index in [4.69, 9.17) is 4.74 Å². The molecule has 1 N–H and O–H groups in total. The maximum atomic E-state index is 11.0. The molecule has 0 spiro atoms. The van der Waals surface area contributed by atoms with E-state index in [1.165, 1.54) is 0 Å². The first kappa shape index (κ1) is 9.77. The molecule has 1 aromatic heterocycles. The lowest BCUT2D eigenvalue weighted by Gasteiger charge is -2.05. The second-order valence-corrected chi connectivity index (χ2v) is 3.18. The average Bonchev–Trinajstić information content (AvgIpc) is 2.56. The van der Waals surface area contributed by atoms with Gasteiger partial charge in [0.25, 0.3) is 0 Å². The number of nitrogens with one attached hydrogen (secondary N) is 1. The van der Waals surface area contributed by atoms with E-state index in [1.807, 2.05) is 13.8 Å². The number of hydrogen-bond acceptors (Lipinski definition) is 3. The van der Waals surface area contributed by atoms with Gasteiger partial charge in [-0.25, -0.2) is 0 Å². The predicted molar refractivity (Wildman–Crippen MR) is 48.1 cm³/mol. The first-order valence-corrected chi connectivity index (χ1v) is 4.34. The number of esters is 1. The summed E-state index contributed by atoms with van der Waals surface area (Å²) < 4.78 is 5.00. The van der Waals surface area contributed by atoms with Gasteiger partial charge in [-0.1, -0.05) is 13.8 Å². The summed E-state index contributed by atoms with van der Waals surface area (Å²) in [5, 5.41) is 6.49. The topological polar surface area (TPSA) is 55.0 Å². The third kappa shape index (κ3) is 3.27. The molecule has 0 amide bonds. The summed E-state index contributed by atoms with van der Waals surface area (Å²) in [7, 11) is 0. The molecule has 1 aromatic rings. The number of aromatic nitrogens is 2. The van der Waals surface area contributed by atoms with Gasteiger partial charge in [0, 0.05) is 12.6 Å². The Morgan fingerprint density at radius 3 is 3.00 bits per heavy atom. The molecule has 0 aliphatic heterocycles. The number of carbonyl (C=O) groups excluding carboxylic acids is 1. The van der Waals surface area contributed by atoms with Gasteiger partial charge in [0.1, 0.15) is 0 Å². The zero-order chi connectivity index (χ0) is 9.68. The van der Waals surface area contributed by atoms with Crippen LogP contribution in [0.3, 0.4) is 0 Å². The second-order valence-electron chi connectivity index (χ2n) is 3.18. The second kappa shape index (κ2) is 4.64. The van der Waals surface area contributed by atoms with E-state index >= 15 is 0 Å². The van der Waals surface area contributed by atoms with Gasteiger partial charge in [-0.15, -0.1) is 0 Å². The number of rotatable bonds is 4. The minimum atomic E-state index is -0.150. The van der Waals surface area contributed by atoms with Crippen LogP contribution in [0.4, 0.5) is 0 Å². The highest BCUT2D eigenvalue weighted by molar-refractivity contribution is 5.71. The SMILES string of the molecule is CC(C)C(=O)OCCc1cn[nH]c1. The molecule has 0 fully saturated rings. The number of ether oxygens (including phenoxy) is 1. The van der Waals surface area contributed by atoms with E-state index in [2.05, 4.69) is 10.2 Å². The zero-order valence-electron chi connectivity index (χ0n) is 7.91. The summed E-state index contributed by atoms with van der Waals surface area (Å²) in [6, 6.07) is 0. The molecule has 72 valence electrons. The Hall–Kier alpha value is -1.32. The third-order valence-electron chi connectivity index (χ3n) is 1.66. The van der Waals surface area contributed by atoms with Crippen LogP contribution >= 0.6 is 0 Å². The number of carbonyl (C=O) groups is 1. The number of H-pyrrole nitrogens is 1. The summed E-state index contributed by atoms with van der Waals surface area (Å²) >= 11 is 0. The number of nitrogens with zero attached hydrogens (tertiary/aromatic N) is 1. The van der Waals surface area contributed by atoms with Crippen molar-refractivity contribution in [2.45, 2.75) is 20.3 Å². The van der Waals surface area contributed by atoms with Gasteiger partial charge in [-0.05, 0) is 5.56 Å². The molecule has 1 heterocycles. The summed E-state index contributed by atoms with van der Waals surface area (Å²) in [6.07, 6.45) is 4.24. The lowest BCUT2D eigenvalue weighted by Crippen LogP contribution is -2.13. The highest BCUT2D eigenvalue weighted by atomic mass is 16.5. The van der Waals surface area contributed by atoms with E-state index in [-0.39, 0.29) is 11.9 Å². The van der Waals surface area contributed by atoms with Crippen LogP contribution < -0.4 is 0 Å². The summed E-state index contributed by atoms with van der Waals surface area (Å²) in [6.45, 7) is 4.07. The Morgan fingerprint density at radius 2 is 2.46 bits per heavy atom. The van der Waals surface area contributed by atoms with Crippen LogP contribution in [0.5, 0.6) is 0 Å². The largest absolute Gasteiger partial charge is 0.465 e. The molecular formula is C9H14N2O2. The normalized spacial score (nSPS) is 10.4. The molecule has 0 saturated carbocycles. The molecule has 1 rings (SSSR count). The molecule has 0 aliphatic rings. The molecular weight excluding hydrogens is 168 g/mol. The van der Waals surface area contributed by atoms with E-state index < -0.39 is 0 Å². The Labute approximate surface area is 77.3 Å². The highest BCUT2D eigenvalue weighted by Gasteiger charge is 2.07. The molecule has 0 saturated heterocycles. The van der Waals surface area contributed by atoms with Gasteiger partial charge in [0.15, 0.2) is 0 Å². The first-order valence-electron chi connectivity index (χ1n) is 4.34. The maximum absolute atomic E-state index is 11.0. The fraction of sp³-hybridized carbons (Fsp3) is 0.556. The quantitative estimate of drug-likeness (QED) is 0.711. The van der Waals surface area contributed by atoms with Gasteiger partial charge >= 0.3 is 5.97 Å². The maximum Gasteiger partial charge on any atom is 0.308 e. The van der Waals surface area contributed by atoms with E-state index in [1.54, 1.807) is 12.4 Å². The number of hydrogen-bond donors (Lipinski definition) is 1. The van der Waals surface area contributed by atoms with E-state index in [9.17, 15) is 4.79 Å². The fourth-order valence-electron chi connectivity index (χ4n) is 0.850. The molecule has 4 nitrogen and oxygen atoms in total. The van der Waals surface area contributed by atoms with Crippen LogP contribution in [0.25, 0.3) is 0 Å². The van der Waals surface area contributed by atoms with E-state index in [0.717, 1.165) is 12.0 Å². The summed E-state index contributed by atoms with van der Waals surface area (Å²) in [5.74, 6) is -0.201. The Morgan fingerprint density at radius 1 is 1.69 bits per heavy atom. The molecule has 13 heavy (non-hydrogen) atoms. The van der Waals surface area contributed by atoms with Crippen LogP contribution in [-0.2, 0) is 16.0 Å². The first-order chi connectivity index (χ1) is 6.20. The van der Waals surface area contributed by atoms with Gasteiger partial charge in [0.2, 0.25) is 0 Å². The molecule has 0 aliphatic carbocycles. The molecule has 0 aromatic carbocycles. The van der Waals surface area contributed by atoms with Gasteiger partial charge in [-0.2, -0.15) is 5.10 Å². The van der Waals surface area contributed by atoms with Crippen LogP contribution in [0.2, 0.25) is 0 Å². The Balaban J connectivity index is 2.18. The highest BCUT2D eigenvalue weighted by Crippen LogP contribution is 1.99. The van der Waals surface area contributed by atoms with Crippen molar-refractivity contribution >= 4 is 5.97 Å². The average molecular weight is 182 g/mol. The van der Waals surface area contributed by atoms with Crippen molar-refractivity contribution in [3.63, 3.8) is 0 Å². The number of aromatic amines is 1. The van der Waals surface area contributed by atoms with Crippen LogP contribution in [0.15, 0.2) is 12.4 Å². The van der Waals surface area contributed by atoms with Crippen molar-refractivity contribution in [1.82, 2.24) is 10.2 Å². The molecule has 0 unspecified atom stereocenters. The van der Waals surface area contributed by atoms with Crippen LogP contribution in [0, 0.1) is 5.92 Å². The van der Waals surface area contributed by atoms with Crippen molar-refractivity contribution in [3.05, 3.63) is 18.0 Å². The van der Waals surface area contributed by atoms with Crippen molar-refractivity contribution in [2.75, 3.05) is 6.61 Å².